The highest BCUT2D eigenvalue weighted by atomic mass is 28.4. The van der Waals surface area contributed by atoms with Crippen LogP contribution in [0.15, 0.2) is 0 Å². The maximum absolute atomic E-state index is 10.0. The maximum Gasteiger partial charge on any atom is 0.500 e. The Morgan fingerprint density at radius 3 is 1.84 bits per heavy atom. The molecule has 0 aromatic heterocycles. The monoisotopic (exact) mass is 482 g/mol. The molecule has 3 unspecified atom stereocenters. The summed E-state index contributed by atoms with van der Waals surface area (Å²) in [6, 6.07) is 0.672. The smallest absolute Gasteiger partial charge is 0.389 e. The average Bonchev–Trinajstić information content (AvgIpc) is 2.81. The molecule has 0 rings (SSSR count). The molecular weight excluding hydrogens is 432 g/mol. The standard InChI is InChI=1S/C22H50N2O7Si/c1-6-8-10-20(7-2)17-31-19-22(26)16-24-12-11-23-15-21(25)18-30-13-9-14-32(27-3,28-4)29-5/h20-26H,6-19H2,1-5H3. The highest BCUT2D eigenvalue weighted by Gasteiger charge is 2.36. The second kappa shape index (κ2) is 21.4. The van der Waals surface area contributed by atoms with E-state index >= 15 is 0 Å². The van der Waals surface area contributed by atoms with Crippen molar-refractivity contribution < 1.29 is 33.0 Å². The Morgan fingerprint density at radius 1 is 0.781 bits per heavy atom. The van der Waals surface area contributed by atoms with E-state index in [1.807, 2.05) is 0 Å². The van der Waals surface area contributed by atoms with E-state index in [1.54, 1.807) is 21.3 Å². The number of nitrogens with one attached hydrogen (secondary N) is 2. The van der Waals surface area contributed by atoms with Crippen molar-refractivity contribution in [2.45, 2.75) is 64.2 Å². The van der Waals surface area contributed by atoms with E-state index in [4.69, 9.17) is 22.8 Å². The van der Waals surface area contributed by atoms with Crippen LogP contribution >= 0.6 is 0 Å². The first-order valence-electron chi connectivity index (χ1n) is 12.0. The summed E-state index contributed by atoms with van der Waals surface area (Å²) >= 11 is 0. The number of hydrogen-bond donors (Lipinski definition) is 4. The molecule has 0 aromatic rings. The van der Waals surface area contributed by atoms with Gasteiger partial charge in [0, 0.05) is 66.8 Å². The minimum Gasteiger partial charge on any atom is -0.389 e. The molecule has 194 valence electrons. The van der Waals surface area contributed by atoms with E-state index in [2.05, 4.69) is 24.5 Å². The van der Waals surface area contributed by atoms with Crippen LogP contribution < -0.4 is 10.6 Å². The fourth-order valence-corrected chi connectivity index (χ4v) is 4.96. The molecule has 32 heavy (non-hydrogen) atoms. The van der Waals surface area contributed by atoms with E-state index in [-0.39, 0.29) is 6.61 Å². The van der Waals surface area contributed by atoms with E-state index in [0.29, 0.717) is 51.4 Å². The molecule has 3 atom stereocenters. The van der Waals surface area contributed by atoms with Crippen molar-refractivity contribution in [1.29, 1.82) is 0 Å². The zero-order valence-electron chi connectivity index (χ0n) is 21.1. The SMILES string of the molecule is CCCCC(CC)COCC(O)CNCCNCC(O)COCCC[Si](OC)(OC)OC. The van der Waals surface area contributed by atoms with Crippen LogP contribution in [0.5, 0.6) is 0 Å². The molecule has 0 aliphatic carbocycles. The molecule has 0 aromatic carbocycles. The molecule has 9 nitrogen and oxygen atoms in total. The van der Waals surface area contributed by atoms with Crippen LogP contribution in [0.2, 0.25) is 6.04 Å². The molecule has 0 heterocycles. The van der Waals surface area contributed by atoms with Gasteiger partial charge in [-0.2, -0.15) is 0 Å². The quantitative estimate of drug-likeness (QED) is 0.120. The van der Waals surface area contributed by atoms with Crippen LogP contribution in [-0.2, 0) is 22.8 Å². The van der Waals surface area contributed by atoms with E-state index in [9.17, 15) is 10.2 Å². The lowest BCUT2D eigenvalue weighted by molar-refractivity contribution is 0.0193. The summed E-state index contributed by atoms with van der Waals surface area (Å²) in [5.41, 5.74) is 0. The van der Waals surface area contributed by atoms with Gasteiger partial charge < -0.3 is 43.6 Å². The van der Waals surface area contributed by atoms with Crippen molar-refractivity contribution in [3.63, 3.8) is 0 Å². The summed E-state index contributed by atoms with van der Waals surface area (Å²) in [6.07, 6.45) is 4.43. The van der Waals surface area contributed by atoms with Crippen LogP contribution in [0.4, 0.5) is 0 Å². The Balaban J connectivity index is 3.59. The van der Waals surface area contributed by atoms with E-state index in [1.165, 1.54) is 19.3 Å². The summed E-state index contributed by atoms with van der Waals surface area (Å²) in [5.74, 6) is 0.589. The number of aliphatic hydroxyl groups excluding tert-OH is 2. The summed E-state index contributed by atoms with van der Waals surface area (Å²) in [4.78, 5) is 0. The third-order valence-electron chi connectivity index (χ3n) is 5.46. The first-order valence-corrected chi connectivity index (χ1v) is 14.0. The van der Waals surface area contributed by atoms with Crippen LogP contribution in [0.3, 0.4) is 0 Å². The summed E-state index contributed by atoms with van der Waals surface area (Å²) in [5, 5.41) is 26.4. The van der Waals surface area contributed by atoms with Crippen molar-refractivity contribution in [3.8, 4) is 0 Å². The van der Waals surface area contributed by atoms with Gasteiger partial charge in [0.2, 0.25) is 0 Å². The molecule has 0 fully saturated rings. The topological polar surface area (TPSA) is 111 Å². The van der Waals surface area contributed by atoms with Crippen molar-refractivity contribution in [2.75, 3.05) is 73.9 Å². The third kappa shape index (κ3) is 16.5. The normalized spacial score (nSPS) is 15.1. The predicted molar refractivity (Wildman–Crippen MR) is 129 cm³/mol. The molecule has 4 N–H and O–H groups in total. The fourth-order valence-electron chi connectivity index (χ4n) is 3.27. The highest BCUT2D eigenvalue weighted by Crippen LogP contribution is 2.15. The molecule has 0 radical (unpaired) electrons. The molecule has 0 aliphatic rings. The van der Waals surface area contributed by atoms with Crippen molar-refractivity contribution in [2.24, 2.45) is 5.92 Å². The van der Waals surface area contributed by atoms with Crippen molar-refractivity contribution in [1.82, 2.24) is 10.6 Å². The second-order valence-corrected chi connectivity index (χ2v) is 11.2. The van der Waals surface area contributed by atoms with Gasteiger partial charge in [0.1, 0.15) is 0 Å². The Bertz CT molecular complexity index is 398. The highest BCUT2D eigenvalue weighted by molar-refractivity contribution is 6.60. The van der Waals surface area contributed by atoms with Gasteiger partial charge in [0.05, 0.1) is 25.4 Å². The number of hydrogen-bond acceptors (Lipinski definition) is 9. The lowest BCUT2D eigenvalue weighted by Gasteiger charge is -2.24. The largest absolute Gasteiger partial charge is 0.500 e. The molecule has 0 saturated carbocycles. The Hall–Kier alpha value is -0.143. The molecule has 10 heteroatoms. The van der Waals surface area contributed by atoms with Crippen LogP contribution in [-0.4, -0.2) is 105 Å². The van der Waals surface area contributed by atoms with Gasteiger partial charge in [-0.25, -0.2) is 0 Å². The van der Waals surface area contributed by atoms with Crippen LogP contribution in [0.25, 0.3) is 0 Å². The van der Waals surface area contributed by atoms with Gasteiger partial charge in [0.25, 0.3) is 0 Å². The Labute approximate surface area is 196 Å². The Kier molecular flexibility index (Phi) is 21.3. The lowest BCUT2D eigenvalue weighted by Crippen LogP contribution is -2.42. The van der Waals surface area contributed by atoms with Gasteiger partial charge in [-0.05, 0) is 18.8 Å². The fraction of sp³-hybridized carbons (Fsp3) is 1.00. The molecule has 0 bridgehead atoms. The first kappa shape index (κ1) is 31.9. The number of ether oxygens (including phenoxy) is 2. The van der Waals surface area contributed by atoms with Gasteiger partial charge in [-0.15, -0.1) is 0 Å². The summed E-state index contributed by atoms with van der Waals surface area (Å²) in [6.45, 7) is 8.62. The minimum absolute atomic E-state index is 0.273. The van der Waals surface area contributed by atoms with Gasteiger partial charge in [0.15, 0.2) is 0 Å². The summed E-state index contributed by atoms with van der Waals surface area (Å²) in [7, 11) is 2.24. The van der Waals surface area contributed by atoms with E-state index in [0.717, 1.165) is 19.4 Å². The number of rotatable bonds is 24. The average molecular weight is 483 g/mol. The molecule has 0 amide bonds. The van der Waals surface area contributed by atoms with Crippen molar-refractivity contribution >= 4 is 8.80 Å². The van der Waals surface area contributed by atoms with Gasteiger partial charge >= 0.3 is 8.80 Å². The second-order valence-electron chi connectivity index (χ2n) is 8.14. The predicted octanol–water partition coefficient (Wildman–Crippen LogP) is 1.41. The lowest BCUT2D eigenvalue weighted by atomic mass is 10.0. The van der Waals surface area contributed by atoms with Gasteiger partial charge in [-0.3, -0.25) is 0 Å². The van der Waals surface area contributed by atoms with E-state index < -0.39 is 21.0 Å². The maximum atomic E-state index is 10.0. The number of unbranched alkanes of at least 4 members (excludes halogenated alkanes) is 1. The van der Waals surface area contributed by atoms with Crippen molar-refractivity contribution in [3.05, 3.63) is 0 Å². The first-order chi connectivity index (χ1) is 15.5. The summed E-state index contributed by atoms with van der Waals surface area (Å²) < 4.78 is 27.3. The third-order valence-corrected chi connectivity index (χ3v) is 8.29. The van der Waals surface area contributed by atoms with Crippen LogP contribution in [0, 0.1) is 5.92 Å². The number of aliphatic hydroxyl groups is 2. The molecule has 0 aliphatic heterocycles. The Morgan fingerprint density at radius 2 is 1.34 bits per heavy atom. The van der Waals surface area contributed by atoms with Crippen LogP contribution in [0.1, 0.15) is 46.0 Å². The zero-order valence-corrected chi connectivity index (χ0v) is 22.1. The molecule has 0 spiro atoms. The zero-order chi connectivity index (χ0) is 24.1. The van der Waals surface area contributed by atoms with Gasteiger partial charge in [-0.1, -0.05) is 33.1 Å². The molecule has 0 saturated heterocycles. The minimum atomic E-state index is -2.54. The molecular formula is C22H50N2O7Si.